The number of benzene rings is 4. The Kier molecular flexibility index (Phi) is 26.1. The maximum absolute atomic E-state index is 12.2. The topological polar surface area (TPSA) is 137 Å². The van der Waals surface area contributed by atoms with Crippen LogP contribution in [0.2, 0.25) is 0 Å². The van der Waals surface area contributed by atoms with Crippen LogP contribution in [0.3, 0.4) is 0 Å². The highest BCUT2D eigenvalue weighted by Gasteiger charge is 2.11. The van der Waals surface area contributed by atoms with Crippen LogP contribution in [0.1, 0.15) is 128 Å². The highest BCUT2D eigenvalue weighted by atomic mass is 16.6. The fourth-order valence-electron chi connectivity index (χ4n) is 7.25. The quantitative estimate of drug-likeness (QED) is 0.0253. The Hall–Kier alpha value is -5.94. The molecule has 10 nitrogen and oxygen atoms in total. The molecule has 0 aliphatic rings. The maximum atomic E-state index is 12.2. The monoisotopic (exact) mass is 899 g/mol. The van der Waals surface area contributed by atoms with Gasteiger partial charge in [-0.2, -0.15) is 10.5 Å². The third kappa shape index (κ3) is 22.8. The van der Waals surface area contributed by atoms with Gasteiger partial charge in [0.2, 0.25) is 0 Å². The summed E-state index contributed by atoms with van der Waals surface area (Å²) >= 11 is 0. The van der Waals surface area contributed by atoms with E-state index in [1.807, 2.05) is 97.1 Å². The predicted molar refractivity (Wildman–Crippen MR) is 260 cm³/mol. The minimum absolute atomic E-state index is 0.305. The number of unbranched alkanes of at least 4 members (excludes halogenated alkanes) is 14. The summed E-state index contributed by atoms with van der Waals surface area (Å²) in [6, 6.07) is 35.7. The number of esters is 2. The van der Waals surface area contributed by atoms with Crippen LogP contribution < -0.4 is 9.47 Å². The summed E-state index contributed by atoms with van der Waals surface area (Å²) in [7, 11) is 0. The molecule has 66 heavy (non-hydrogen) atoms. The summed E-state index contributed by atoms with van der Waals surface area (Å²) < 4.78 is 33.9. The van der Waals surface area contributed by atoms with Crippen LogP contribution in [0.4, 0.5) is 0 Å². The molecule has 0 unspecified atom stereocenters. The van der Waals surface area contributed by atoms with E-state index in [0.717, 1.165) is 97.3 Å². The van der Waals surface area contributed by atoms with E-state index in [9.17, 15) is 9.59 Å². The number of nitriles is 2. The molecule has 0 aliphatic heterocycles. The zero-order valence-electron chi connectivity index (χ0n) is 39.3. The first kappa shape index (κ1) is 52.7. The molecular weight excluding hydrogens is 829 g/mol. The molecule has 2 atom stereocenters. The molecule has 0 spiro atoms. The van der Waals surface area contributed by atoms with E-state index in [0.29, 0.717) is 50.8 Å². The average Bonchev–Trinajstić information content (AvgIpc) is 3.34. The highest BCUT2D eigenvalue weighted by Crippen LogP contribution is 2.25. The van der Waals surface area contributed by atoms with Crippen molar-refractivity contribution in [2.75, 3.05) is 39.6 Å². The van der Waals surface area contributed by atoms with Gasteiger partial charge in [-0.1, -0.05) is 126 Å². The summed E-state index contributed by atoms with van der Waals surface area (Å²) in [5, 5.41) is 18.0. The van der Waals surface area contributed by atoms with E-state index in [2.05, 4.69) is 12.1 Å². The first-order valence-corrected chi connectivity index (χ1v) is 24.0. The second-order valence-corrected chi connectivity index (χ2v) is 16.8. The Morgan fingerprint density at radius 1 is 0.424 bits per heavy atom. The van der Waals surface area contributed by atoms with E-state index in [1.54, 1.807) is 13.8 Å². The van der Waals surface area contributed by atoms with Gasteiger partial charge in [0, 0.05) is 25.4 Å². The van der Waals surface area contributed by atoms with Crippen LogP contribution in [-0.2, 0) is 28.5 Å². The number of nitrogens with zero attached hydrogens (tertiary/aromatic N) is 2. The van der Waals surface area contributed by atoms with Crippen LogP contribution in [0, 0.1) is 22.7 Å². The van der Waals surface area contributed by atoms with Crippen molar-refractivity contribution < 1.29 is 38.0 Å². The van der Waals surface area contributed by atoms with E-state index in [1.165, 1.54) is 51.4 Å². The molecule has 4 rings (SSSR count). The molecule has 0 aromatic heterocycles. The first-order chi connectivity index (χ1) is 32.3. The van der Waals surface area contributed by atoms with Crippen molar-refractivity contribution in [3.8, 4) is 45.9 Å². The van der Waals surface area contributed by atoms with Crippen molar-refractivity contribution in [3.05, 3.63) is 120 Å². The number of rotatable bonds is 34. The first-order valence-electron chi connectivity index (χ1n) is 24.0. The number of ether oxygens (including phenoxy) is 6. The minimum atomic E-state index is -0.609. The predicted octanol–water partition coefficient (Wildman–Crippen LogP) is 12.9. The second kappa shape index (κ2) is 32.7. The Bertz CT molecular complexity index is 1900. The molecule has 10 heteroatoms. The SMILES string of the molecule is C[C@@H](COCCCCCCCCCCOc1ccc(-c2ccc(C#N)cc2)cc1)OC(=O)/C=C/C(=O)O[C@@H](C)COCCCCCCCCCCOc1ccc(-c2ccc(C#N)cc2)cc1. The van der Waals surface area contributed by atoms with Gasteiger partial charge in [0.25, 0.3) is 0 Å². The Balaban J connectivity index is 0.860. The second-order valence-electron chi connectivity index (χ2n) is 16.8. The van der Waals surface area contributed by atoms with Gasteiger partial charge in [-0.3, -0.25) is 0 Å². The van der Waals surface area contributed by atoms with E-state index < -0.39 is 24.1 Å². The molecular formula is C56H70N2O8. The molecule has 0 aliphatic carbocycles. The van der Waals surface area contributed by atoms with E-state index >= 15 is 0 Å². The van der Waals surface area contributed by atoms with E-state index in [-0.39, 0.29) is 0 Å². The van der Waals surface area contributed by atoms with Crippen LogP contribution >= 0.6 is 0 Å². The molecule has 0 fully saturated rings. The molecule has 352 valence electrons. The summed E-state index contributed by atoms with van der Waals surface area (Å²) in [6.45, 7) is 6.82. The lowest BCUT2D eigenvalue weighted by atomic mass is 10.0. The van der Waals surface area contributed by atoms with Gasteiger partial charge in [-0.25, -0.2) is 9.59 Å². The Morgan fingerprint density at radius 3 is 1.00 bits per heavy atom. The lowest BCUT2D eigenvalue weighted by Crippen LogP contribution is -2.21. The standard InChI is InChI=1S/C56H70N2O8/c1-45(43-61-37-15-11-7-3-5-9-13-17-39-63-53-31-27-51(28-32-53)49-23-19-47(41-57)20-24-49)65-55(59)35-36-56(60)66-46(2)44-62-38-16-12-8-4-6-10-14-18-40-64-54-33-29-52(30-34-54)50-25-21-48(42-58)22-26-50/h19-36,45-46H,3-18,37-40,43-44H2,1-2H3/b36-35+/t45-,46-/m0/s1. The number of carbonyl (C=O) groups excluding carboxylic acids is 2. The average molecular weight is 899 g/mol. The van der Waals surface area contributed by atoms with Gasteiger partial charge >= 0.3 is 11.9 Å². The fraction of sp³-hybridized carbons (Fsp3) is 0.464. The number of hydrogen-bond donors (Lipinski definition) is 0. The van der Waals surface area contributed by atoms with E-state index in [4.69, 9.17) is 38.9 Å². The molecule has 0 N–H and O–H groups in total. The van der Waals surface area contributed by atoms with Gasteiger partial charge in [-0.15, -0.1) is 0 Å². The third-order valence-corrected chi connectivity index (χ3v) is 11.0. The zero-order valence-corrected chi connectivity index (χ0v) is 39.3. The van der Waals surface area contributed by atoms with Crippen molar-refractivity contribution in [1.29, 1.82) is 10.5 Å². The van der Waals surface area contributed by atoms with Crippen molar-refractivity contribution in [1.82, 2.24) is 0 Å². The molecule has 0 heterocycles. The van der Waals surface area contributed by atoms with Crippen molar-refractivity contribution in [3.63, 3.8) is 0 Å². The maximum Gasteiger partial charge on any atom is 0.331 e. The van der Waals surface area contributed by atoms with Crippen molar-refractivity contribution >= 4 is 11.9 Å². The smallest absolute Gasteiger partial charge is 0.331 e. The van der Waals surface area contributed by atoms with Gasteiger partial charge in [0.1, 0.15) is 23.7 Å². The van der Waals surface area contributed by atoms with Gasteiger partial charge in [-0.05, 0) is 110 Å². The van der Waals surface area contributed by atoms with Gasteiger partial charge in [0.15, 0.2) is 0 Å². The summed E-state index contributed by atoms with van der Waals surface area (Å²) in [6.07, 6.45) is 19.4. The molecule has 0 saturated heterocycles. The van der Waals surface area contributed by atoms with Gasteiger partial charge < -0.3 is 28.4 Å². The lowest BCUT2D eigenvalue weighted by Gasteiger charge is -2.13. The molecule has 4 aromatic carbocycles. The Morgan fingerprint density at radius 2 is 0.697 bits per heavy atom. The largest absolute Gasteiger partial charge is 0.494 e. The van der Waals surface area contributed by atoms with Gasteiger partial charge in [0.05, 0.1) is 49.7 Å². The normalized spacial score (nSPS) is 11.9. The van der Waals surface area contributed by atoms with Crippen molar-refractivity contribution in [2.24, 2.45) is 0 Å². The lowest BCUT2D eigenvalue weighted by molar-refractivity contribution is -0.147. The Labute approximate surface area is 393 Å². The summed E-state index contributed by atoms with van der Waals surface area (Å²) in [5.74, 6) is 0.534. The molecule has 0 bridgehead atoms. The highest BCUT2D eigenvalue weighted by molar-refractivity contribution is 5.91. The van der Waals surface area contributed by atoms with Crippen LogP contribution in [0.15, 0.2) is 109 Å². The van der Waals surface area contributed by atoms with Crippen molar-refractivity contribution in [2.45, 2.75) is 129 Å². The van der Waals surface area contributed by atoms with Crippen LogP contribution in [0.25, 0.3) is 22.3 Å². The molecule has 0 amide bonds. The minimum Gasteiger partial charge on any atom is -0.494 e. The van der Waals surface area contributed by atoms with Crippen LogP contribution in [0.5, 0.6) is 11.5 Å². The molecule has 4 aromatic rings. The van der Waals surface area contributed by atoms with Crippen LogP contribution in [-0.4, -0.2) is 63.8 Å². The third-order valence-electron chi connectivity index (χ3n) is 11.0. The molecule has 0 saturated carbocycles. The fourth-order valence-corrected chi connectivity index (χ4v) is 7.25. The number of carbonyl (C=O) groups is 2. The summed E-state index contributed by atoms with van der Waals surface area (Å²) in [4.78, 5) is 24.4. The zero-order chi connectivity index (χ0) is 46.9. The number of hydrogen-bond acceptors (Lipinski definition) is 10. The summed E-state index contributed by atoms with van der Waals surface area (Å²) in [5.41, 5.74) is 5.69. The molecule has 0 radical (unpaired) electrons.